The van der Waals surface area contributed by atoms with Gasteiger partial charge in [0.25, 0.3) is 0 Å². The topological polar surface area (TPSA) is 129 Å². The summed E-state index contributed by atoms with van der Waals surface area (Å²) in [6.45, 7) is 1.23. The second kappa shape index (κ2) is 12.4. The molecule has 0 fully saturated rings. The fraction of sp³-hybridized carbons (Fsp3) is 1.00. The zero-order chi connectivity index (χ0) is 15.4. The molecular weight excluding hydrogens is 272 g/mol. The lowest BCUT2D eigenvalue weighted by Crippen LogP contribution is -2.29. The van der Waals surface area contributed by atoms with E-state index in [1.54, 1.807) is 6.92 Å². The van der Waals surface area contributed by atoms with Crippen molar-refractivity contribution in [1.29, 1.82) is 0 Å². The number of hydrogen-bond donors (Lipinski definition) is 5. The van der Waals surface area contributed by atoms with Gasteiger partial charge in [-0.1, -0.05) is 0 Å². The van der Waals surface area contributed by atoms with Crippen LogP contribution < -0.4 is 0 Å². The van der Waals surface area contributed by atoms with Crippen LogP contribution in [0.2, 0.25) is 0 Å². The van der Waals surface area contributed by atoms with E-state index in [-0.39, 0.29) is 39.6 Å². The molecule has 8 heteroatoms. The Bertz CT molecular complexity index is 214. The van der Waals surface area contributed by atoms with Crippen LogP contribution in [-0.2, 0) is 14.2 Å². The van der Waals surface area contributed by atoms with Crippen molar-refractivity contribution in [3.63, 3.8) is 0 Å². The largest absolute Gasteiger partial charge is 0.394 e. The van der Waals surface area contributed by atoms with Crippen molar-refractivity contribution in [2.75, 3.05) is 46.2 Å². The number of hydrogen-bond acceptors (Lipinski definition) is 8. The molecule has 0 aromatic heterocycles. The molecule has 0 aliphatic rings. The van der Waals surface area contributed by atoms with Crippen molar-refractivity contribution >= 4 is 0 Å². The van der Waals surface area contributed by atoms with Gasteiger partial charge in [0.1, 0.15) is 18.3 Å². The number of ether oxygens (including phenoxy) is 3. The summed E-state index contributed by atoms with van der Waals surface area (Å²) in [5, 5.41) is 45.4. The van der Waals surface area contributed by atoms with E-state index in [4.69, 9.17) is 29.5 Å². The summed E-state index contributed by atoms with van der Waals surface area (Å²) in [4.78, 5) is 0. The Hall–Kier alpha value is -0.320. The van der Waals surface area contributed by atoms with Gasteiger partial charge in [0.2, 0.25) is 0 Å². The van der Waals surface area contributed by atoms with E-state index in [1.807, 2.05) is 0 Å². The van der Waals surface area contributed by atoms with Crippen LogP contribution in [0, 0.1) is 0 Å². The van der Waals surface area contributed by atoms with E-state index in [0.29, 0.717) is 0 Å². The number of rotatable bonds is 13. The van der Waals surface area contributed by atoms with Crippen molar-refractivity contribution in [3.05, 3.63) is 0 Å². The molecular formula is C12H26O8. The lowest BCUT2D eigenvalue weighted by Gasteiger charge is -2.16. The lowest BCUT2D eigenvalue weighted by atomic mass is 10.3. The fourth-order valence-corrected chi connectivity index (χ4v) is 1.20. The first-order chi connectivity index (χ1) is 9.45. The number of aliphatic hydroxyl groups is 5. The van der Waals surface area contributed by atoms with Gasteiger partial charge in [-0.05, 0) is 6.92 Å². The molecule has 0 radical (unpaired) electrons. The molecule has 5 N–H and O–H groups in total. The first kappa shape index (κ1) is 19.7. The molecule has 0 bridgehead atoms. The van der Waals surface area contributed by atoms with E-state index in [1.165, 1.54) is 0 Å². The first-order valence-electron chi connectivity index (χ1n) is 6.52. The van der Waals surface area contributed by atoms with Gasteiger partial charge < -0.3 is 39.7 Å². The highest BCUT2D eigenvalue weighted by atomic mass is 16.5. The van der Waals surface area contributed by atoms with E-state index in [9.17, 15) is 10.2 Å². The zero-order valence-corrected chi connectivity index (χ0v) is 11.7. The maximum atomic E-state index is 9.46. The molecule has 0 rings (SSSR count). The third kappa shape index (κ3) is 12.7. The predicted molar refractivity (Wildman–Crippen MR) is 69.2 cm³/mol. The Morgan fingerprint density at radius 3 is 1.35 bits per heavy atom. The van der Waals surface area contributed by atoms with Crippen LogP contribution in [0.1, 0.15) is 6.92 Å². The van der Waals surface area contributed by atoms with Gasteiger partial charge >= 0.3 is 0 Å². The molecule has 122 valence electrons. The standard InChI is InChI=1S/C12H26O8/c1-9(14)3-18-5-11(16)7-20-8-12(17)6-19-4-10(15)2-13/h9-17H,2-8H2,1H3. The van der Waals surface area contributed by atoms with Gasteiger partial charge in [0, 0.05) is 0 Å². The molecule has 0 spiro atoms. The molecule has 0 aromatic carbocycles. The molecule has 0 heterocycles. The third-order valence-electron chi connectivity index (χ3n) is 2.12. The third-order valence-corrected chi connectivity index (χ3v) is 2.12. The van der Waals surface area contributed by atoms with Gasteiger partial charge in [0.05, 0.1) is 52.4 Å². The van der Waals surface area contributed by atoms with Crippen molar-refractivity contribution in [1.82, 2.24) is 0 Å². The highest BCUT2D eigenvalue weighted by Crippen LogP contribution is 1.94. The Morgan fingerprint density at radius 2 is 1.00 bits per heavy atom. The summed E-state index contributed by atoms with van der Waals surface area (Å²) in [5.41, 5.74) is 0. The van der Waals surface area contributed by atoms with E-state index in [0.717, 1.165) is 0 Å². The van der Waals surface area contributed by atoms with Crippen molar-refractivity contribution in [3.8, 4) is 0 Å². The average Bonchev–Trinajstić information content (AvgIpc) is 2.38. The van der Waals surface area contributed by atoms with Crippen molar-refractivity contribution < 1.29 is 39.7 Å². The summed E-state index contributed by atoms with van der Waals surface area (Å²) in [5.74, 6) is 0. The summed E-state index contributed by atoms with van der Waals surface area (Å²) in [6, 6.07) is 0. The Kier molecular flexibility index (Phi) is 12.2. The van der Waals surface area contributed by atoms with Gasteiger partial charge in [-0.2, -0.15) is 0 Å². The Morgan fingerprint density at radius 1 is 0.650 bits per heavy atom. The maximum Gasteiger partial charge on any atom is 0.101 e. The minimum atomic E-state index is -0.962. The molecule has 4 atom stereocenters. The van der Waals surface area contributed by atoms with Gasteiger partial charge in [-0.15, -0.1) is 0 Å². The van der Waals surface area contributed by atoms with Crippen LogP contribution in [0.25, 0.3) is 0 Å². The average molecular weight is 298 g/mol. The van der Waals surface area contributed by atoms with Gasteiger partial charge in [0.15, 0.2) is 0 Å². The van der Waals surface area contributed by atoms with Crippen LogP contribution in [0.3, 0.4) is 0 Å². The normalized spacial score (nSPS) is 17.7. The smallest absolute Gasteiger partial charge is 0.101 e. The molecule has 0 aromatic rings. The molecule has 0 saturated carbocycles. The minimum absolute atomic E-state index is 0.00383. The summed E-state index contributed by atoms with van der Waals surface area (Å²) >= 11 is 0. The van der Waals surface area contributed by atoms with Gasteiger partial charge in [-0.25, -0.2) is 0 Å². The van der Waals surface area contributed by atoms with E-state index < -0.39 is 31.0 Å². The number of aliphatic hydroxyl groups excluding tert-OH is 5. The fourth-order valence-electron chi connectivity index (χ4n) is 1.20. The Balaban J connectivity index is 3.43. The summed E-state index contributed by atoms with van der Waals surface area (Å²) in [6.07, 6.45) is -3.27. The molecule has 0 saturated heterocycles. The zero-order valence-electron chi connectivity index (χ0n) is 11.7. The highest BCUT2D eigenvalue weighted by Gasteiger charge is 2.10. The van der Waals surface area contributed by atoms with Crippen LogP contribution in [0.15, 0.2) is 0 Å². The van der Waals surface area contributed by atoms with Crippen LogP contribution in [0.5, 0.6) is 0 Å². The van der Waals surface area contributed by atoms with Crippen LogP contribution in [0.4, 0.5) is 0 Å². The minimum Gasteiger partial charge on any atom is -0.394 e. The second-order valence-electron chi connectivity index (χ2n) is 4.61. The first-order valence-corrected chi connectivity index (χ1v) is 6.52. The van der Waals surface area contributed by atoms with E-state index >= 15 is 0 Å². The Labute approximate surface area is 118 Å². The highest BCUT2D eigenvalue weighted by molar-refractivity contribution is 4.57. The van der Waals surface area contributed by atoms with Crippen molar-refractivity contribution in [2.24, 2.45) is 0 Å². The summed E-state index contributed by atoms with van der Waals surface area (Å²) < 4.78 is 15.0. The second-order valence-corrected chi connectivity index (χ2v) is 4.61. The van der Waals surface area contributed by atoms with Crippen LogP contribution in [-0.4, -0.2) is 96.2 Å². The quantitative estimate of drug-likeness (QED) is 0.252. The predicted octanol–water partition coefficient (Wildman–Crippen LogP) is -2.51. The van der Waals surface area contributed by atoms with Gasteiger partial charge in [-0.3, -0.25) is 0 Å². The molecule has 0 aliphatic carbocycles. The van der Waals surface area contributed by atoms with Crippen molar-refractivity contribution in [2.45, 2.75) is 31.3 Å². The molecule has 8 nitrogen and oxygen atoms in total. The molecule has 20 heavy (non-hydrogen) atoms. The molecule has 0 amide bonds. The lowest BCUT2D eigenvalue weighted by molar-refractivity contribution is -0.0713. The monoisotopic (exact) mass is 298 g/mol. The molecule has 4 unspecified atom stereocenters. The maximum absolute atomic E-state index is 9.46. The summed E-state index contributed by atoms with van der Waals surface area (Å²) in [7, 11) is 0. The van der Waals surface area contributed by atoms with E-state index in [2.05, 4.69) is 0 Å². The molecule has 0 aliphatic heterocycles. The van der Waals surface area contributed by atoms with Crippen LogP contribution >= 0.6 is 0 Å². The SMILES string of the molecule is CC(O)COCC(O)COCC(O)COCC(O)CO.